The summed E-state index contributed by atoms with van der Waals surface area (Å²) in [5, 5.41) is 12.8. The van der Waals surface area contributed by atoms with Gasteiger partial charge in [-0.2, -0.15) is 0 Å². The van der Waals surface area contributed by atoms with Crippen LogP contribution in [-0.2, 0) is 11.2 Å². The molecule has 0 amide bonds. The second-order valence-corrected chi connectivity index (χ2v) is 5.61. The summed E-state index contributed by atoms with van der Waals surface area (Å²) in [4.78, 5) is 26.3. The number of Topliss-reactive ketones (excluding diaryl/α,β-unsaturated/α-hetero) is 1. The average molecular weight is 325 g/mol. The number of aryl methyl sites for hydroxylation is 1. The van der Waals surface area contributed by atoms with Crippen LogP contribution >= 0.6 is 22.9 Å². The quantitative estimate of drug-likeness (QED) is 0.755. The Kier molecular flexibility index (Phi) is 4.93. The molecule has 0 bridgehead atoms. The molecule has 0 N–H and O–H groups in total. The van der Waals surface area contributed by atoms with Gasteiger partial charge in [0.25, 0.3) is 0 Å². The SMILES string of the molecule is Cc1cc(Cl)ccc1OCC(=O)c1nc(CC(=O)[O-])cs1. The molecule has 0 fully saturated rings. The van der Waals surface area contributed by atoms with Crippen LogP contribution in [0.3, 0.4) is 0 Å². The zero-order valence-corrected chi connectivity index (χ0v) is 12.7. The monoisotopic (exact) mass is 324 g/mol. The molecule has 7 heteroatoms. The van der Waals surface area contributed by atoms with Crippen LogP contribution < -0.4 is 9.84 Å². The van der Waals surface area contributed by atoms with E-state index in [4.69, 9.17) is 16.3 Å². The van der Waals surface area contributed by atoms with Crippen LogP contribution in [0.25, 0.3) is 0 Å². The molecule has 0 unspecified atom stereocenters. The Labute approximate surface area is 130 Å². The maximum atomic E-state index is 11.9. The van der Waals surface area contributed by atoms with Crippen LogP contribution in [-0.4, -0.2) is 23.3 Å². The molecular weight excluding hydrogens is 314 g/mol. The molecule has 0 spiro atoms. The molecule has 1 heterocycles. The summed E-state index contributed by atoms with van der Waals surface area (Å²) in [5.41, 5.74) is 1.14. The number of carbonyl (C=O) groups excluding carboxylic acids is 2. The Hall–Kier alpha value is -1.92. The first-order chi connectivity index (χ1) is 9.95. The van der Waals surface area contributed by atoms with Crippen LogP contribution in [0.5, 0.6) is 5.75 Å². The molecule has 0 saturated heterocycles. The number of ether oxygens (including phenoxy) is 1. The van der Waals surface area contributed by atoms with Crippen molar-refractivity contribution >= 4 is 34.7 Å². The van der Waals surface area contributed by atoms with Crippen LogP contribution in [0.1, 0.15) is 21.1 Å². The van der Waals surface area contributed by atoms with Gasteiger partial charge in [-0.25, -0.2) is 4.98 Å². The van der Waals surface area contributed by atoms with Crippen molar-refractivity contribution in [2.45, 2.75) is 13.3 Å². The highest BCUT2D eigenvalue weighted by atomic mass is 35.5. The molecule has 0 radical (unpaired) electrons. The molecular formula is C14H11ClNO4S-. The van der Waals surface area contributed by atoms with Crippen molar-refractivity contribution < 1.29 is 19.4 Å². The van der Waals surface area contributed by atoms with Gasteiger partial charge in [0.1, 0.15) is 5.75 Å². The standard InChI is InChI=1S/C14H12ClNO4S/c1-8-4-9(15)2-3-12(8)20-6-11(17)14-16-10(7-21-14)5-13(18)19/h2-4,7H,5-6H2,1H3,(H,18,19)/p-1. The van der Waals surface area contributed by atoms with E-state index in [1.807, 2.05) is 6.92 Å². The van der Waals surface area contributed by atoms with Gasteiger partial charge in [0.2, 0.25) is 5.78 Å². The lowest BCUT2D eigenvalue weighted by Crippen LogP contribution is -2.24. The average Bonchev–Trinajstić information content (AvgIpc) is 2.85. The molecule has 5 nitrogen and oxygen atoms in total. The van der Waals surface area contributed by atoms with Crippen molar-refractivity contribution in [2.24, 2.45) is 0 Å². The maximum absolute atomic E-state index is 11.9. The van der Waals surface area contributed by atoms with Crippen LogP contribution in [0, 0.1) is 6.92 Å². The summed E-state index contributed by atoms with van der Waals surface area (Å²) in [6, 6.07) is 5.10. The summed E-state index contributed by atoms with van der Waals surface area (Å²) < 4.78 is 5.43. The Bertz CT molecular complexity index is 683. The number of carboxylic acid groups (broad SMARTS) is 1. The first-order valence-corrected chi connectivity index (χ1v) is 7.28. The highest BCUT2D eigenvalue weighted by Gasteiger charge is 2.13. The number of hydrogen-bond acceptors (Lipinski definition) is 6. The Morgan fingerprint density at radius 2 is 2.19 bits per heavy atom. The van der Waals surface area contributed by atoms with Gasteiger partial charge in [-0.15, -0.1) is 11.3 Å². The lowest BCUT2D eigenvalue weighted by molar-refractivity contribution is -0.304. The van der Waals surface area contributed by atoms with E-state index >= 15 is 0 Å². The van der Waals surface area contributed by atoms with Gasteiger partial charge in [0.15, 0.2) is 11.6 Å². The second kappa shape index (κ2) is 6.69. The van der Waals surface area contributed by atoms with Crippen molar-refractivity contribution in [3.63, 3.8) is 0 Å². The number of carbonyl (C=O) groups is 2. The Balaban J connectivity index is 1.98. The minimum absolute atomic E-state index is 0.166. The van der Waals surface area contributed by atoms with Crippen molar-refractivity contribution in [2.75, 3.05) is 6.61 Å². The first-order valence-electron chi connectivity index (χ1n) is 6.02. The Morgan fingerprint density at radius 3 is 2.86 bits per heavy atom. The largest absolute Gasteiger partial charge is 0.550 e. The number of aliphatic carboxylic acids is 1. The summed E-state index contributed by atoms with van der Waals surface area (Å²) in [7, 11) is 0. The first kappa shape index (κ1) is 15.5. The zero-order chi connectivity index (χ0) is 15.4. The minimum Gasteiger partial charge on any atom is -0.550 e. The Morgan fingerprint density at radius 1 is 1.43 bits per heavy atom. The fourth-order valence-corrected chi connectivity index (χ4v) is 2.61. The van der Waals surface area contributed by atoms with Crippen molar-refractivity contribution in [1.29, 1.82) is 0 Å². The van der Waals surface area contributed by atoms with E-state index in [1.54, 1.807) is 18.2 Å². The molecule has 1 aromatic carbocycles. The molecule has 0 saturated carbocycles. The third-order valence-electron chi connectivity index (χ3n) is 2.61. The normalized spacial score (nSPS) is 10.4. The summed E-state index contributed by atoms with van der Waals surface area (Å²) >= 11 is 6.92. The predicted molar refractivity (Wildman–Crippen MR) is 76.8 cm³/mol. The third-order valence-corrected chi connectivity index (χ3v) is 3.78. The van der Waals surface area contributed by atoms with Crippen molar-refractivity contribution in [1.82, 2.24) is 4.98 Å². The van der Waals surface area contributed by atoms with Gasteiger partial charge in [-0.3, -0.25) is 4.79 Å². The summed E-state index contributed by atoms with van der Waals surface area (Å²) in [6.07, 6.45) is -0.305. The molecule has 0 aliphatic rings. The highest BCUT2D eigenvalue weighted by molar-refractivity contribution is 7.11. The van der Waals surface area contributed by atoms with E-state index in [0.717, 1.165) is 16.9 Å². The van der Waals surface area contributed by atoms with Crippen LogP contribution in [0.15, 0.2) is 23.6 Å². The minimum atomic E-state index is -1.23. The van der Waals surface area contributed by atoms with E-state index < -0.39 is 5.97 Å². The van der Waals surface area contributed by atoms with Gasteiger partial charge >= 0.3 is 0 Å². The zero-order valence-electron chi connectivity index (χ0n) is 11.1. The van der Waals surface area contributed by atoms with E-state index in [9.17, 15) is 14.7 Å². The smallest absolute Gasteiger partial charge is 0.228 e. The molecule has 110 valence electrons. The molecule has 2 aromatic rings. The fraction of sp³-hybridized carbons (Fsp3) is 0.214. The summed E-state index contributed by atoms with van der Waals surface area (Å²) in [5.74, 6) is -0.967. The lowest BCUT2D eigenvalue weighted by atomic mass is 10.2. The number of hydrogen-bond donors (Lipinski definition) is 0. The van der Waals surface area contributed by atoms with Crippen LogP contribution in [0.2, 0.25) is 5.02 Å². The number of benzene rings is 1. The topological polar surface area (TPSA) is 79.3 Å². The number of rotatable bonds is 6. The van der Waals surface area contributed by atoms with Gasteiger partial charge in [-0.1, -0.05) is 11.6 Å². The van der Waals surface area contributed by atoms with Gasteiger partial charge in [0, 0.05) is 22.8 Å². The molecule has 0 atom stereocenters. The van der Waals surface area contributed by atoms with Crippen LogP contribution in [0.4, 0.5) is 0 Å². The van der Waals surface area contributed by atoms with E-state index in [-0.39, 0.29) is 23.8 Å². The molecule has 1 aromatic heterocycles. The maximum Gasteiger partial charge on any atom is 0.228 e. The van der Waals surface area contributed by atoms with E-state index in [1.165, 1.54) is 5.38 Å². The molecule has 0 aliphatic carbocycles. The number of aromatic nitrogens is 1. The number of carboxylic acids is 1. The van der Waals surface area contributed by atoms with E-state index in [2.05, 4.69) is 4.98 Å². The number of nitrogens with zero attached hydrogens (tertiary/aromatic N) is 1. The molecule has 0 aliphatic heterocycles. The lowest BCUT2D eigenvalue weighted by Gasteiger charge is -2.07. The third kappa shape index (κ3) is 4.27. The highest BCUT2D eigenvalue weighted by Crippen LogP contribution is 2.22. The van der Waals surface area contributed by atoms with Gasteiger partial charge in [-0.05, 0) is 30.7 Å². The summed E-state index contributed by atoms with van der Waals surface area (Å²) in [6.45, 7) is 1.66. The van der Waals surface area contributed by atoms with Crippen molar-refractivity contribution in [3.05, 3.63) is 44.9 Å². The van der Waals surface area contributed by atoms with Gasteiger partial charge in [0.05, 0.1) is 5.69 Å². The van der Waals surface area contributed by atoms with Crippen molar-refractivity contribution in [3.8, 4) is 5.75 Å². The number of thiazole rings is 1. The molecule has 2 rings (SSSR count). The predicted octanol–water partition coefficient (Wildman–Crippen LogP) is 1.66. The number of ketones is 1. The molecule has 21 heavy (non-hydrogen) atoms. The second-order valence-electron chi connectivity index (χ2n) is 4.31. The number of halogens is 1. The van der Waals surface area contributed by atoms with Gasteiger partial charge < -0.3 is 14.6 Å². The fourth-order valence-electron chi connectivity index (χ4n) is 1.64. The van der Waals surface area contributed by atoms with E-state index in [0.29, 0.717) is 16.5 Å².